The lowest BCUT2D eigenvalue weighted by Gasteiger charge is -2.17. The normalized spacial score (nSPS) is 13.1. The van der Waals surface area contributed by atoms with Gasteiger partial charge in [0.15, 0.2) is 5.92 Å². The standard InChI is InChI=1S/C12H14F3NO3/c1-3-9-10(5-4-7(2)16-9)19-6-8(11(17)18)12(13,14)15/h4-5,8H,3,6H2,1-2H3,(H,17,18). The average molecular weight is 277 g/mol. The maximum absolute atomic E-state index is 12.4. The van der Waals surface area contributed by atoms with E-state index < -0.39 is 24.7 Å². The molecule has 1 N–H and O–H groups in total. The first kappa shape index (κ1) is 15.3. The van der Waals surface area contributed by atoms with E-state index in [1.54, 1.807) is 19.9 Å². The SMILES string of the molecule is CCc1nc(C)ccc1OCC(C(=O)O)C(F)(F)F. The molecule has 19 heavy (non-hydrogen) atoms. The topological polar surface area (TPSA) is 59.4 Å². The van der Waals surface area contributed by atoms with Gasteiger partial charge in [0.1, 0.15) is 12.4 Å². The van der Waals surface area contributed by atoms with Crippen LogP contribution in [0.1, 0.15) is 18.3 Å². The second kappa shape index (κ2) is 5.90. The first-order chi connectivity index (χ1) is 8.75. The van der Waals surface area contributed by atoms with Gasteiger partial charge < -0.3 is 9.84 Å². The number of aryl methyl sites for hydroxylation is 2. The molecule has 4 nitrogen and oxygen atoms in total. The van der Waals surface area contributed by atoms with Gasteiger partial charge in [-0.25, -0.2) is 0 Å². The summed E-state index contributed by atoms with van der Waals surface area (Å²) in [5.41, 5.74) is 1.22. The number of hydrogen-bond donors (Lipinski definition) is 1. The minimum Gasteiger partial charge on any atom is -0.490 e. The van der Waals surface area contributed by atoms with E-state index in [0.29, 0.717) is 12.1 Å². The number of carbonyl (C=O) groups is 1. The Balaban J connectivity index is 2.83. The second-order valence-corrected chi connectivity index (χ2v) is 3.99. The van der Waals surface area contributed by atoms with Crippen molar-refractivity contribution in [2.45, 2.75) is 26.4 Å². The Morgan fingerprint density at radius 3 is 2.58 bits per heavy atom. The van der Waals surface area contributed by atoms with Crippen LogP contribution in [0.2, 0.25) is 0 Å². The van der Waals surface area contributed by atoms with Crippen LogP contribution in [0.3, 0.4) is 0 Å². The number of carboxylic acids is 1. The Hall–Kier alpha value is -1.79. The summed E-state index contributed by atoms with van der Waals surface area (Å²) >= 11 is 0. The molecule has 1 rings (SSSR count). The molecular formula is C12H14F3NO3. The van der Waals surface area contributed by atoms with E-state index in [1.165, 1.54) is 6.07 Å². The highest BCUT2D eigenvalue weighted by molar-refractivity contribution is 5.71. The summed E-state index contributed by atoms with van der Waals surface area (Å²) < 4.78 is 42.3. The Labute approximate surface area is 108 Å². The molecule has 1 unspecified atom stereocenters. The molecule has 1 aromatic heterocycles. The molecular weight excluding hydrogens is 263 g/mol. The molecule has 0 aliphatic rings. The summed E-state index contributed by atoms with van der Waals surface area (Å²) in [6.07, 6.45) is -4.35. The van der Waals surface area contributed by atoms with Crippen molar-refractivity contribution in [3.05, 3.63) is 23.5 Å². The molecule has 0 saturated carbocycles. The molecule has 0 saturated heterocycles. The summed E-state index contributed by atoms with van der Waals surface area (Å²) in [5, 5.41) is 8.54. The highest BCUT2D eigenvalue weighted by atomic mass is 19.4. The van der Waals surface area contributed by atoms with Crippen LogP contribution in [-0.2, 0) is 11.2 Å². The number of halogens is 3. The fourth-order valence-corrected chi connectivity index (χ4v) is 1.46. The van der Waals surface area contributed by atoms with E-state index in [-0.39, 0.29) is 5.75 Å². The van der Waals surface area contributed by atoms with Crippen LogP contribution in [0, 0.1) is 12.8 Å². The minimum absolute atomic E-state index is 0.184. The summed E-state index contributed by atoms with van der Waals surface area (Å²) in [5.74, 6) is -4.31. The highest BCUT2D eigenvalue weighted by Crippen LogP contribution is 2.28. The zero-order valence-corrected chi connectivity index (χ0v) is 10.5. The fourth-order valence-electron chi connectivity index (χ4n) is 1.46. The van der Waals surface area contributed by atoms with Gasteiger partial charge in [-0.05, 0) is 25.5 Å². The van der Waals surface area contributed by atoms with Crippen molar-refractivity contribution < 1.29 is 27.8 Å². The zero-order chi connectivity index (χ0) is 14.6. The third-order valence-corrected chi connectivity index (χ3v) is 2.51. The quantitative estimate of drug-likeness (QED) is 0.898. The predicted molar refractivity (Wildman–Crippen MR) is 61.0 cm³/mol. The molecule has 0 spiro atoms. The van der Waals surface area contributed by atoms with E-state index in [1.807, 2.05) is 0 Å². The van der Waals surface area contributed by atoms with Gasteiger partial charge in [-0.1, -0.05) is 6.92 Å². The molecule has 0 aliphatic carbocycles. The van der Waals surface area contributed by atoms with Crippen molar-refractivity contribution >= 4 is 5.97 Å². The van der Waals surface area contributed by atoms with Crippen LogP contribution in [0.5, 0.6) is 5.75 Å². The number of carboxylic acid groups (broad SMARTS) is 1. The van der Waals surface area contributed by atoms with Crippen molar-refractivity contribution in [1.29, 1.82) is 0 Å². The Bertz CT molecular complexity index is 460. The highest BCUT2D eigenvalue weighted by Gasteiger charge is 2.45. The molecule has 106 valence electrons. The number of hydrogen-bond acceptors (Lipinski definition) is 3. The van der Waals surface area contributed by atoms with Gasteiger partial charge in [0, 0.05) is 5.69 Å². The van der Waals surface area contributed by atoms with Crippen LogP contribution in [-0.4, -0.2) is 28.8 Å². The lowest BCUT2D eigenvalue weighted by atomic mass is 10.1. The summed E-state index contributed by atoms with van der Waals surface area (Å²) in [6, 6.07) is 3.09. The molecule has 0 bridgehead atoms. The number of ether oxygens (including phenoxy) is 1. The van der Waals surface area contributed by atoms with Gasteiger partial charge in [-0.3, -0.25) is 9.78 Å². The second-order valence-electron chi connectivity index (χ2n) is 3.99. The number of nitrogens with zero attached hydrogens (tertiary/aromatic N) is 1. The van der Waals surface area contributed by atoms with Crippen LogP contribution in [0.25, 0.3) is 0 Å². The van der Waals surface area contributed by atoms with Crippen LogP contribution in [0.15, 0.2) is 12.1 Å². The lowest BCUT2D eigenvalue weighted by molar-refractivity contribution is -0.198. The Morgan fingerprint density at radius 1 is 1.47 bits per heavy atom. The smallest absolute Gasteiger partial charge is 0.405 e. The maximum atomic E-state index is 12.4. The number of alkyl halides is 3. The number of rotatable bonds is 5. The molecule has 0 aromatic carbocycles. The van der Waals surface area contributed by atoms with Crippen molar-refractivity contribution in [1.82, 2.24) is 4.98 Å². The molecule has 0 amide bonds. The summed E-state index contributed by atoms with van der Waals surface area (Å²) in [4.78, 5) is 14.7. The molecule has 1 aromatic rings. The average Bonchev–Trinajstić information content (AvgIpc) is 2.28. The van der Waals surface area contributed by atoms with Crippen LogP contribution < -0.4 is 4.74 Å². The van der Waals surface area contributed by atoms with Gasteiger partial charge >= 0.3 is 12.1 Å². The van der Waals surface area contributed by atoms with Crippen molar-refractivity contribution in [2.75, 3.05) is 6.61 Å². The van der Waals surface area contributed by atoms with Crippen molar-refractivity contribution in [3.8, 4) is 5.75 Å². The van der Waals surface area contributed by atoms with Gasteiger partial charge in [0.2, 0.25) is 0 Å². The van der Waals surface area contributed by atoms with Gasteiger partial charge in [0.05, 0.1) is 5.69 Å². The van der Waals surface area contributed by atoms with Crippen LogP contribution in [0.4, 0.5) is 13.2 Å². The predicted octanol–water partition coefficient (Wildman–Crippen LogP) is 2.59. The van der Waals surface area contributed by atoms with Crippen molar-refractivity contribution in [3.63, 3.8) is 0 Å². The van der Waals surface area contributed by atoms with Crippen LogP contribution >= 0.6 is 0 Å². The third-order valence-electron chi connectivity index (χ3n) is 2.51. The van der Waals surface area contributed by atoms with Gasteiger partial charge in [0.25, 0.3) is 0 Å². The molecule has 1 heterocycles. The van der Waals surface area contributed by atoms with E-state index >= 15 is 0 Å². The summed E-state index contributed by atoms with van der Waals surface area (Å²) in [6.45, 7) is 2.57. The lowest BCUT2D eigenvalue weighted by Crippen LogP contribution is -2.35. The molecule has 1 atom stereocenters. The Kier molecular flexibility index (Phi) is 4.74. The number of aliphatic carboxylic acids is 1. The van der Waals surface area contributed by atoms with E-state index in [0.717, 1.165) is 5.69 Å². The van der Waals surface area contributed by atoms with E-state index in [9.17, 15) is 18.0 Å². The largest absolute Gasteiger partial charge is 0.490 e. The molecule has 7 heteroatoms. The summed E-state index contributed by atoms with van der Waals surface area (Å²) in [7, 11) is 0. The Morgan fingerprint density at radius 2 is 2.11 bits per heavy atom. The zero-order valence-electron chi connectivity index (χ0n) is 10.5. The molecule has 0 aliphatic heterocycles. The first-order valence-corrected chi connectivity index (χ1v) is 5.64. The van der Waals surface area contributed by atoms with E-state index in [2.05, 4.69) is 4.98 Å². The van der Waals surface area contributed by atoms with Crippen molar-refractivity contribution in [2.24, 2.45) is 5.92 Å². The molecule has 0 fully saturated rings. The van der Waals surface area contributed by atoms with E-state index in [4.69, 9.17) is 9.84 Å². The minimum atomic E-state index is -4.84. The van der Waals surface area contributed by atoms with Gasteiger partial charge in [-0.15, -0.1) is 0 Å². The first-order valence-electron chi connectivity index (χ1n) is 5.64. The fraction of sp³-hybridized carbons (Fsp3) is 0.500. The monoisotopic (exact) mass is 277 g/mol. The maximum Gasteiger partial charge on any atom is 0.405 e. The number of pyridine rings is 1. The number of aromatic nitrogens is 1. The third kappa shape index (κ3) is 4.11. The molecule has 0 radical (unpaired) electrons. The van der Waals surface area contributed by atoms with Gasteiger partial charge in [-0.2, -0.15) is 13.2 Å².